The summed E-state index contributed by atoms with van der Waals surface area (Å²) in [5.74, 6) is 0.441. The first kappa shape index (κ1) is 21.2. The van der Waals surface area contributed by atoms with Gasteiger partial charge in [-0.3, -0.25) is 0 Å². The number of carboxylic acids is 1. The zero-order chi connectivity index (χ0) is 20.6. The van der Waals surface area contributed by atoms with Crippen molar-refractivity contribution in [3.05, 3.63) is 100 Å². The summed E-state index contributed by atoms with van der Waals surface area (Å²) in [7, 11) is 0. The van der Waals surface area contributed by atoms with Crippen LogP contribution in [-0.4, -0.2) is 23.4 Å². The van der Waals surface area contributed by atoms with Crippen molar-refractivity contribution >= 4 is 39.2 Å². The summed E-state index contributed by atoms with van der Waals surface area (Å²) in [4.78, 5) is 11.8. The lowest BCUT2D eigenvalue weighted by Crippen LogP contribution is -2.09. The van der Waals surface area contributed by atoms with Gasteiger partial charge in [-0.1, -0.05) is 64.5 Å². The normalized spacial score (nSPS) is 11.3. The minimum atomic E-state index is -0.977. The second-order valence-corrected chi connectivity index (χ2v) is 8.42. The highest BCUT2D eigenvalue weighted by Gasteiger charge is 2.07. The molecule has 29 heavy (non-hydrogen) atoms. The van der Waals surface area contributed by atoms with Gasteiger partial charge >= 0.3 is 5.97 Å². The van der Waals surface area contributed by atoms with E-state index in [0.29, 0.717) is 5.75 Å². The Morgan fingerprint density at radius 2 is 1.72 bits per heavy atom. The predicted molar refractivity (Wildman–Crippen MR) is 123 cm³/mol. The minimum Gasteiger partial charge on any atom is -0.482 e. The molecule has 0 saturated carbocycles. The number of aryl methyl sites for hydroxylation is 1. The highest BCUT2D eigenvalue weighted by molar-refractivity contribution is 9.10. The van der Waals surface area contributed by atoms with Gasteiger partial charge in [0, 0.05) is 15.1 Å². The second-order valence-electron chi connectivity index (χ2n) is 6.41. The predicted octanol–water partition coefficient (Wildman–Crippen LogP) is 6.44. The third kappa shape index (κ3) is 6.24. The number of aliphatic carboxylic acids is 1. The minimum absolute atomic E-state index is 0.330. The first-order valence-electron chi connectivity index (χ1n) is 9.12. The number of halogens is 1. The Bertz CT molecular complexity index is 998. The molecule has 3 rings (SSSR count). The third-order valence-electron chi connectivity index (χ3n) is 4.28. The Morgan fingerprint density at radius 1 is 1.03 bits per heavy atom. The van der Waals surface area contributed by atoms with Crippen LogP contribution in [0.15, 0.2) is 88.2 Å². The van der Waals surface area contributed by atoms with Crippen LogP contribution in [0.25, 0.3) is 5.57 Å². The molecule has 0 saturated heterocycles. The number of ether oxygens (including phenoxy) is 1. The van der Waals surface area contributed by atoms with Gasteiger partial charge in [-0.05, 0) is 59.5 Å². The summed E-state index contributed by atoms with van der Waals surface area (Å²) in [6, 6.07) is 24.5. The molecular formula is C24H21BrO3S. The van der Waals surface area contributed by atoms with Crippen molar-refractivity contribution in [3.63, 3.8) is 0 Å². The van der Waals surface area contributed by atoms with Crippen molar-refractivity contribution in [1.29, 1.82) is 0 Å². The summed E-state index contributed by atoms with van der Waals surface area (Å²) < 4.78 is 6.36. The molecule has 0 aliphatic rings. The van der Waals surface area contributed by atoms with E-state index in [9.17, 15) is 4.79 Å². The highest BCUT2D eigenvalue weighted by Crippen LogP contribution is 2.29. The molecule has 148 valence electrons. The Balaban J connectivity index is 1.75. The lowest BCUT2D eigenvalue weighted by molar-refractivity contribution is -0.139. The van der Waals surface area contributed by atoms with Crippen LogP contribution in [0.5, 0.6) is 5.75 Å². The quantitative estimate of drug-likeness (QED) is 0.386. The lowest BCUT2D eigenvalue weighted by atomic mass is 9.98. The van der Waals surface area contributed by atoms with E-state index in [-0.39, 0.29) is 6.61 Å². The molecule has 0 aliphatic heterocycles. The van der Waals surface area contributed by atoms with E-state index >= 15 is 0 Å². The fourth-order valence-electron chi connectivity index (χ4n) is 2.88. The summed E-state index contributed by atoms with van der Waals surface area (Å²) in [5.41, 5.74) is 4.48. The molecule has 0 aliphatic carbocycles. The third-order valence-corrected chi connectivity index (χ3v) is 5.72. The van der Waals surface area contributed by atoms with Gasteiger partial charge in [0.2, 0.25) is 0 Å². The maximum Gasteiger partial charge on any atom is 0.341 e. The number of thioether (sulfide) groups is 1. The van der Waals surface area contributed by atoms with Crippen molar-refractivity contribution in [1.82, 2.24) is 0 Å². The molecule has 0 atom stereocenters. The van der Waals surface area contributed by atoms with Crippen molar-refractivity contribution in [3.8, 4) is 5.75 Å². The van der Waals surface area contributed by atoms with Gasteiger partial charge in [-0.25, -0.2) is 4.79 Å². The molecule has 0 amide bonds. The molecule has 0 spiro atoms. The molecule has 3 aromatic rings. The van der Waals surface area contributed by atoms with Crippen LogP contribution in [-0.2, 0) is 4.79 Å². The van der Waals surface area contributed by atoms with Gasteiger partial charge in [0.15, 0.2) is 6.61 Å². The molecule has 5 heteroatoms. The molecule has 0 radical (unpaired) electrons. The molecule has 0 bridgehead atoms. The Kier molecular flexibility index (Phi) is 7.55. The van der Waals surface area contributed by atoms with Crippen LogP contribution < -0.4 is 4.74 Å². The number of carboxylic acid groups (broad SMARTS) is 1. The summed E-state index contributed by atoms with van der Waals surface area (Å²) >= 11 is 5.23. The summed E-state index contributed by atoms with van der Waals surface area (Å²) in [6.45, 7) is 1.60. The molecule has 0 heterocycles. The SMILES string of the molecule is Cc1cc(SCC=C(c2ccccc2)c2ccc(Br)cc2)ccc1OCC(=O)O. The average Bonchev–Trinajstić information content (AvgIpc) is 2.72. The van der Waals surface area contributed by atoms with Crippen LogP contribution in [0.4, 0.5) is 0 Å². The van der Waals surface area contributed by atoms with Crippen LogP contribution in [0, 0.1) is 6.92 Å². The zero-order valence-corrected chi connectivity index (χ0v) is 18.4. The Labute approximate surface area is 183 Å². The van der Waals surface area contributed by atoms with E-state index in [2.05, 4.69) is 58.4 Å². The standard InChI is InChI=1S/C24H21BrO3S/c1-17-15-21(11-12-23(17)28-16-24(26)27)29-14-13-22(18-5-3-2-4-6-18)19-7-9-20(25)10-8-19/h2-13,15H,14,16H2,1H3,(H,26,27). The zero-order valence-electron chi connectivity index (χ0n) is 16.0. The smallest absolute Gasteiger partial charge is 0.341 e. The summed E-state index contributed by atoms with van der Waals surface area (Å²) in [5, 5.41) is 8.75. The van der Waals surface area contributed by atoms with Crippen LogP contribution in [0.1, 0.15) is 16.7 Å². The van der Waals surface area contributed by atoms with E-state index in [1.807, 2.05) is 43.3 Å². The summed E-state index contributed by atoms with van der Waals surface area (Å²) in [6.07, 6.45) is 2.24. The molecule has 1 N–H and O–H groups in total. The molecule has 3 nitrogen and oxygen atoms in total. The number of carbonyl (C=O) groups is 1. The number of rotatable bonds is 8. The fraction of sp³-hybridized carbons (Fsp3) is 0.125. The van der Waals surface area contributed by atoms with E-state index in [1.54, 1.807) is 11.8 Å². The van der Waals surface area contributed by atoms with Gasteiger partial charge < -0.3 is 9.84 Å². The molecule has 3 aromatic carbocycles. The van der Waals surface area contributed by atoms with Gasteiger partial charge in [-0.2, -0.15) is 0 Å². The second kappa shape index (κ2) is 10.3. The van der Waals surface area contributed by atoms with Crippen molar-refractivity contribution in [2.45, 2.75) is 11.8 Å². The van der Waals surface area contributed by atoms with E-state index in [0.717, 1.165) is 20.7 Å². The van der Waals surface area contributed by atoms with E-state index in [4.69, 9.17) is 9.84 Å². The van der Waals surface area contributed by atoms with E-state index < -0.39 is 5.97 Å². The molecule has 0 aromatic heterocycles. The van der Waals surface area contributed by atoms with Crippen molar-refractivity contribution < 1.29 is 14.6 Å². The monoisotopic (exact) mass is 468 g/mol. The van der Waals surface area contributed by atoms with Crippen molar-refractivity contribution in [2.24, 2.45) is 0 Å². The van der Waals surface area contributed by atoms with Crippen LogP contribution in [0.3, 0.4) is 0 Å². The van der Waals surface area contributed by atoms with Gasteiger partial charge in [0.25, 0.3) is 0 Å². The van der Waals surface area contributed by atoms with Gasteiger partial charge in [-0.15, -0.1) is 11.8 Å². The first-order valence-corrected chi connectivity index (χ1v) is 10.9. The highest BCUT2D eigenvalue weighted by atomic mass is 79.9. The Hall–Kier alpha value is -2.50. The number of hydrogen-bond donors (Lipinski definition) is 1. The maximum absolute atomic E-state index is 10.7. The fourth-order valence-corrected chi connectivity index (χ4v) is 4.02. The first-order chi connectivity index (χ1) is 14.0. The topological polar surface area (TPSA) is 46.5 Å². The average molecular weight is 469 g/mol. The van der Waals surface area contributed by atoms with Crippen LogP contribution >= 0.6 is 27.7 Å². The van der Waals surface area contributed by atoms with Crippen LogP contribution in [0.2, 0.25) is 0 Å². The maximum atomic E-state index is 10.7. The number of benzene rings is 3. The largest absolute Gasteiger partial charge is 0.482 e. The van der Waals surface area contributed by atoms with E-state index in [1.165, 1.54) is 16.7 Å². The number of hydrogen-bond acceptors (Lipinski definition) is 3. The molecular weight excluding hydrogens is 448 g/mol. The van der Waals surface area contributed by atoms with Gasteiger partial charge in [0.1, 0.15) is 5.75 Å². The molecule has 0 unspecified atom stereocenters. The van der Waals surface area contributed by atoms with Crippen molar-refractivity contribution in [2.75, 3.05) is 12.4 Å². The molecule has 0 fully saturated rings. The Morgan fingerprint density at radius 3 is 2.38 bits per heavy atom. The van der Waals surface area contributed by atoms with Gasteiger partial charge in [0.05, 0.1) is 0 Å². The lowest BCUT2D eigenvalue weighted by Gasteiger charge is -2.10.